The standard InChI is InChI=1S/C19H17ClF3N5O2S/c20-12-7-17(31(29)28-18-3-5-24-10-25-18)13(21)8-15(12)30-16-9-19(22,23)4-1-11(16)14-2-6-26-27-14/h2-3,5-8,10-11,16H,1,4,9H2,(H,26,27)(H,24,25,28)/t11?,16-,31?/m0/s1. The van der Waals surface area contributed by atoms with E-state index in [1.54, 1.807) is 6.07 Å². The van der Waals surface area contributed by atoms with Gasteiger partial charge in [0.25, 0.3) is 5.92 Å². The summed E-state index contributed by atoms with van der Waals surface area (Å²) in [6.45, 7) is 0. The van der Waals surface area contributed by atoms with Gasteiger partial charge in [-0.05, 0) is 12.5 Å². The summed E-state index contributed by atoms with van der Waals surface area (Å²) in [5.41, 5.74) is 0.656. The third-order valence-corrected chi connectivity index (χ3v) is 6.34. The summed E-state index contributed by atoms with van der Waals surface area (Å²) in [6, 6.07) is 5.25. The highest BCUT2D eigenvalue weighted by Crippen LogP contribution is 2.43. The van der Waals surface area contributed by atoms with E-state index in [2.05, 4.69) is 24.9 Å². The number of aromatic amines is 1. The van der Waals surface area contributed by atoms with Crippen LogP contribution in [0.5, 0.6) is 5.75 Å². The molecule has 2 unspecified atom stereocenters. The fraction of sp³-hybridized carbons (Fsp3) is 0.316. The molecule has 31 heavy (non-hydrogen) atoms. The molecular weight excluding hydrogens is 455 g/mol. The Morgan fingerprint density at radius 3 is 2.84 bits per heavy atom. The van der Waals surface area contributed by atoms with E-state index in [0.717, 1.165) is 12.1 Å². The highest BCUT2D eigenvalue weighted by molar-refractivity contribution is 7.92. The maximum atomic E-state index is 14.7. The van der Waals surface area contributed by atoms with Gasteiger partial charge in [-0.15, -0.1) is 0 Å². The number of hydrogen-bond donors (Lipinski definition) is 2. The van der Waals surface area contributed by atoms with Crippen molar-refractivity contribution in [3.8, 4) is 5.75 Å². The van der Waals surface area contributed by atoms with Crippen molar-refractivity contribution < 1.29 is 22.5 Å². The summed E-state index contributed by atoms with van der Waals surface area (Å²) in [5, 5.41) is 6.60. The predicted octanol–water partition coefficient (Wildman–Crippen LogP) is 4.48. The molecule has 0 saturated heterocycles. The Kier molecular flexibility index (Phi) is 6.26. The van der Waals surface area contributed by atoms with Gasteiger partial charge in [0.1, 0.15) is 29.5 Å². The molecule has 1 aliphatic rings. The van der Waals surface area contributed by atoms with Crippen LogP contribution in [0.25, 0.3) is 0 Å². The zero-order valence-electron chi connectivity index (χ0n) is 15.9. The van der Waals surface area contributed by atoms with Crippen LogP contribution < -0.4 is 9.46 Å². The molecule has 0 aliphatic heterocycles. The quantitative estimate of drug-likeness (QED) is 0.514. The number of H-pyrrole nitrogens is 1. The van der Waals surface area contributed by atoms with Crippen molar-refractivity contribution in [1.82, 2.24) is 20.2 Å². The summed E-state index contributed by atoms with van der Waals surface area (Å²) < 4.78 is 63.6. The number of rotatable bonds is 6. The van der Waals surface area contributed by atoms with Crippen LogP contribution in [0.1, 0.15) is 30.9 Å². The number of benzene rings is 1. The van der Waals surface area contributed by atoms with Crippen molar-refractivity contribution >= 4 is 28.8 Å². The molecule has 12 heteroatoms. The van der Waals surface area contributed by atoms with Gasteiger partial charge in [0.15, 0.2) is 11.6 Å². The summed E-state index contributed by atoms with van der Waals surface area (Å²) in [5.74, 6) is -4.02. The smallest absolute Gasteiger partial charge is 0.251 e. The van der Waals surface area contributed by atoms with Crippen molar-refractivity contribution in [2.75, 3.05) is 4.72 Å². The van der Waals surface area contributed by atoms with Gasteiger partial charge in [-0.1, -0.05) is 11.6 Å². The van der Waals surface area contributed by atoms with Crippen molar-refractivity contribution in [2.45, 2.75) is 42.1 Å². The van der Waals surface area contributed by atoms with Gasteiger partial charge in [0.2, 0.25) is 4.90 Å². The zero-order chi connectivity index (χ0) is 22.0. The molecule has 0 radical (unpaired) electrons. The number of alkyl halides is 2. The van der Waals surface area contributed by atoms with Gasteiger partial charge in [-0.2, -0.15) is 9.82 Å². The summed E-state index contributed by atoms with van der Waals surface area (Å²) in [6.07, 6.45) is 2.60. The lowest BCUT2D eigenvalue weighted by molar-refractivity contribution is -0.0777. The van der Waals surface area contributed by atoms with E-state index in [1.807, 2.05) is 0 Å². The lowest BCUT2D eigenvalue weighted by Crippen LogP contribution is -2.38. The Hall–Kier alpha value is -2.50. The van der Waals surface area contributed by atoms with E-state index in [9.17, 15) is 17.7 Å². The normalized spacial score (nSPS) is 21.5. The van der Waals surface area contributed by atoms with Crippen LogP contribution in [0, 0.1) is 5.82 Å². The second-order valence-electron chi connectivity index (χ2n) is 7.05. The SMILES string of the molecule is [O-][S+](Nc1ccncn1)c1cc(Cl)c(O[C@H]2CC(F)(F)CCC2c2ccn[nH]2)cc1F. The first-order chi connectivity index (χ1) is 14.8. The molecule has 3 aromatic rings. The van der Waals surface area contributed by atoms with Crippen molar-refractivity contribution in [3.05, 3.63) is 59.5 Å². The molecule has 1 fully saturated rings. The molecule has 1 aromatic carbocycles. The van der Waals surface area contributed by atoms with Crippen LogP contribution in [0.4, 0.5) is 19.0 Å². The van der Waals surface area contributed by atoms with Crippen molar-refractivity contribution in [2.24, 2.45) is 0 Å². The maximum Gasteiger partial charge on any atom is 0.251 e. The average molecular weight is 472 g/mol. The molecular formula is C19H17ClF3N5O2S. The summed E-state index contributed by atoms with van der Waals surface area (Å²) in [7, 11) is 0. The first-order valence-corrected chi connectivity index (χ1v) is 10.8. The minimum Gasteiger partial charge on any atom is -0.588 e. The molecule has 0 spiro atoms. The molecule has 2 N–H and O–H groups in total. The van der Waals surface area contributed by atoms with Gasteiger partial charge in [0, 0.05) is 55.0 Å². The van der Waals surface area contributed by atoms with E-state index < -0.39 is 35.6 Å². The van der Waals surface area contributed by atoms with E-state index in [4.69, 9.17) is 16.3 Å². The van der Waals surface area contributed by atoms with Crippen LogP contribution >= 0.6 is 11.6 Å². The van der Waals surface area contributed by atoms with Crippen LogP contribution in [0.15, 0.2) is 47.9 Å². The fourth-order valence-electron chi connectivity index (χ4n) is 3.45. The number of halogens is 4. The number of nitrogens with zero attached hydrogens (tertiary/aromatic N) is 3. The Morgan fingerprint density at radius 1 is 1.29 bits per heavy atom. The molecule has 2 aromatic heterocycles. The second-order valence-corrected chi connectivity index (χ2v) is 8.64. The molecule has 2 heterocycles. The molecule has 1 aliphatic carbocycles. The number of aromatic nitrogens is 4. The summed E-state index contributed by atoms with van der Waals surface area (Å²) >= 11 is 4.22. The van der Waals surface area contributed by atoms with Gasteiger partial charge < -0.3 is 9.29 Å². The van der Waals surface area contributed by atoms with Crippen LogP contribution in [-0.2, 0) is 11.4 Å². The van der Waals surface area contributed by atoms with E-state index in [1.165, 1.54) is 24.8 Å². The highest BCUT2D eigenvalue weighted by Gasteiger charge is 2.44. The molecule has 1 saturated carbocycles. The first kappa shape index (κ1) is 21.7. The highest BCUT2D eigenvalue weighted by atomic mass is 35.5. The first-order valence-electron chi connectivity index (χ1n) is 9.30. The maximum absolute atomic E-state index is 14.7. The molecule has 3 atom stereocenters. The van der Waals surface area contributed by atoms with Gasteiger partial charge >= 0.3 is 0 Å². The largest absolute Gasteiger partial charge is 0.588 e. The predicted molar refractivity (Wildman–Crippen MR) is 108 cm³/mol. The lowest BCUT2D eigenvalue weighted by atomic mass is 9.82. The molecule has 7 nitrogen and oxygen atoms in total. The van der Waals surface area contributed by atoms with Crippen LogP contribution in [0.3, 0.4) is 0 Å². The molecule has 164 valence electrons. The van der Waals surface area contributed by atoms with Gasteiger partial charge in [-0.3, -0.25) is 5.10 Å². The monoisotopic (exact) mass is 471 g/mol. The second kappa shape index (κ2) is 8.93. The summed E-state index contributed by atoms with van der Waals surface area (Å²) in [4.78, 5) is 7.37. The van der Waals surface area contributed by atoms with Gasteiger partial charge in [-0.25, -0.2) is 23.1 Å². The zero-order valence-corrected chi connectivity index (χ0v) is 17.5. The van der Waals surface area contributed by atoms with E-state index >= 15 is 0 Å². The topological polar surface area (TPSA) is 98.8 Å². The molecule has 0 bridgehead atoms. The Morgan fingerprint density at radius 2 is 2.13 bits per heavy atom. The number of nitrogens with one attached hydrogen (secondary N) is 2. The Balaban J connectivity index is 1.55. The minimum atomic E-state index is -2.91. The number of anilines is 1. The van der Waals surface area contributed by atoms with Crippen molar-refractivity contribution in [1.29, 1.82) is 0 Å². The molecule has 0 amide bonds. The Labute approximate surface area is 183 Å². The van der Waals surface area contributed by atoms with Crippen LogP contribution in [-0.4, -0.2) is 36.7 Å². The van der Waals surface area contributed by atoms with E-state index in [-0.39, 0.29) is 40.2 Å². The fourth-order valence-corrected chi connectivity index (χ4v) is 4.61. The molecule has 4 rings (SSSR count). The number of ether oxygens (including phenoxy) is 1. The number of hydrogen-bond acceptors (Lipinski definition) is 6. The lowest BCUT2D eigenvalue weighted by Gasteiger charge is -2.35. The third-order valence-electron chi connectivity index (χ3n) is 4.94. The average Bonchev–Trinajstić information content (AvgIpc) is 3.25. The third kappa shape index (κ3) is 5.05. The van der Waals surface area contributed by atoms with Gasteiger partial charge in [0.05, 0.1) is 5.02 Å². The van der Waals surface area contributed by atoms with Crippen molar-refractivity contribution in [3.63, 3.8) is 0 Å². The Bertz CT molecular complexity index is 1030. The minimum absolute atomic E-state index is 0.0495. The van der Waals surface area contributed by atoms with E-state index in [0.29, 0.717) is 5.69 Å². The van der Waals surface area contributed by atoms with Crippen LogP contribution in [0.2, 0.25) is 5.02 Å².